The van der Waals surface area contributed by atoms with Crippen molar-refractivity contribution in [2.24, 2.45) is 5.92 Å². The van der Waals surface area contributed by atoms with E-state index >= 15 is 0 Å². The van der Waals surface area contributed by atoms with Gasteiger partial charge in [0.25, 0.3) is 0 Å². The van der Waals surface area contributed by atoms with E-state index in [1.807, 2.05) is 6.07 Å². The van der Waals surface area contributed by atoms with Gasteiger partial charge < -0.3 is 10.1 Å². The quantitative estimate of drug-likeness (QED) is 0.816. The fourth-order valence-corrected chi connectivity index (χ4v) is 1.49. The first kappa shape index (κ1) is 15.0. The lowest BCUT2D eigenvalue weighted by molar-refractivity contribution is 0.338. The van der Waals surface area contributed by atoms with Crippen LogP contribution in [-0.4, -0.2) is 13.2 Å². The predicted molar refractivity (Wildman–Crippen MR) is 73.4 cm³/mol. The van der Waals surface area contributed by atoms with Gasteiger partial charge in [-0.25, -0.2) is 4.39 Å². The first-order valence-electron chi connectivity index (χ1n) is 5.94. The largest absolute Gasteiger partial charge is 0.485 e. The highest BCUT2D eigenvalue weighted by atomic mass is 35.5. The highest BCUT2D eigenvalue weighted by Gasteiger charge is 2.05. The maximum Gasteiger partial charge on any atom is 0.165 e. The van der Waals surface area contributed by atoms with Gasteiger partial charge >= 0.3 is 0 Å². The highest BCUT2D eigenvalue weighted by Crippen LogP contribution is 2.19. The lowest BCUT2D eigenvalue weighted by atomic mass is 10.2. The molecular formula is C14H19ClFNO. The number of nitrogens with one attached hydrogen (secondary N) is 1. The van der Waals surface area contributed by atoms with Gasteiger partial charge in [0, 0.05) is 11.6 Å². The lowest BCUT2D eigenvalue weighted by Crippen LogP contribution is -2.19. The number of halogens is 2. The molecule has 0 heterocycles. The van der Waals surface area contributed by atoms with E-state index in [4.69, 9.17) is 16.3 Å². The van der Waals surface area contributed by atoms with Crippen molar-refractivity contribution in [1.82, 2.24) is 5.32 Å². The van der Waals surface area contributed by atoms with Crippen LogP contribution < -0.4 is 10.1 Å². The number of ether oxygens (including phenoxy) is 1. The lowest BCUT2D eigenvalue weighted by Gasteiger charge is -2.10. The second-order valence-electron chi connectivity index (χ2n) is 4.60. The van der Waals surface area contributed by atoms with Gasteiger partial charge in [0.05, 0.1) is 0 Å². The average molecular weight is 272 g/mol. The molecule has 0 spiro atoms. The predicted octanol–water partition coefficient (Wildman–Crippen LogP) is 3.70. The standard InChI is InChI=1S/C14H19ClFNO/c1-10(2)7-17-8-12-4-5-14(13(16)6-12)18-9-11(3)15/h4-6,10,17H,3,7-9H2,1-2H3. The first-order chi connectivity index (χ1) is 8.49. The minimum atomic E-state index is -0.378. The topological polar surface area (TPSA) is 21.3 Å². The van der Waals surface area contributed by atoms with Crippen LogP contribution in [0.4, 0.5) is 4.39 Å². The Bertz CT molecular complexity index is 407. The van der Waals surface area contributed by atoms with Crippen molar-refractivity contribution in [2.75, 3.05) is 13.2 Å². The monoisotopic (exact) mass is 271 g/mol. The highest BCUT2D eigenvalue weighted by molar-refractivity contribution is 6.29. The molecule has 0 saturated carbocycles. The number of hydrogen-bond donors (Lipinski definition) is 1. The average Bonchev–Trinajstić information content (AvgIpc) is 2.27. The summed E-state index contributed by atoms with van der Waals surface area (Å²) in [6.07, 6.45) is 0. The molecule has 1 aromatic carbocycles. The van der Waals surface area contributed by atoms with Gasteiger partial charge in [-0.3, -0.25) is 0 Å². The zero-order valence-electron chi connectivity index (χ0n) is 10.8. The molecule has 0 amide bonds. The molecule has 0 unspecified atom stereocenters. The van der Waals surface area contributed by atoms with Crippen LogP contribution in [0.15, 0.2) is 29.8 Å². The Morgan fingerprint density at radius 1 is 1.50 bits per heavy atom. The molecule has 0 aliphatic heterocycles. The molecule has 0 aliphatic carbocycles. The van der Waals surface area contributed by atoms with Crippen LogP contribution in [0, 0.1) is 11.7 Å². The Hall–Kier alpha value is -1.06. The SMILES string of the molecule is C=C(Cl)COc1ccc(CNCC(C)C)cc1F. The maximum absolute atomic E-state index is 13.7. The summed E-state index contributed by atoms with van der Waals surface area (Å²) in [6.45, 7) is 9.41. The molecule has 0 atom stereocenters. The minimum Gasteiger partial charge on any atom is -0.485 e. The minimum absolute atomic E-state index is 0.115. The third-order valence-corrected chi connectivity index (χ3v) is 2.37. The summed E-state index contributed by atoms with van der Waals surface area (Å²) < 4.78 is 18.8. The van der Waals surface area contributed by atoms with Crippen molar-refractivity contribution in [3.05, 3.63) is 41.2 Å². The molecule has 0 saturated heterocycles. The van der Waals surface area contributed by atoms with E-state index in [-0.39, 0.29) is 18.2 Å². The van der Waals surface area contributed by atoms with E-state index in [9.17, 15) is 4.39 Å². The Morgan fingerprint density at radius 2 is 2.22 bits per heavy atom. The first-order valence-corrected chi connectivity index (χ1v) is 6.32. The van der Waals surface area contributed by atoms with Crippen molar-refractivity contribution in [3.63, 3.8) is 0 Å². The molecule has 0 aromatic heterocycles. The fourth-order valence-electron chi connectivity index (χ4n) is 1.43. The molecule has 2 nitrogen and oxygen atoms in total. The van der Waals surface area contributed by atoms with Crippen LogP contribution in [0.5, 0.6) is 5.75 Å². The van der Waals surface area contributed by atoms with Crippen molar-refractivity contribution in [3.8, 4) is 5.75 Å². The van der Waals surface area contributed by atoms with E-state index in [1.165, 1.54) is 6.07 Å². The molecule has 0 radical (unpaired) electrons. The summed E-state index contributed by atoms with van der Waals surface area (Å²) in [6, 6.07) is 4.92. The molecule has 18 heavy (non-hydrogen) atoms. The van der Waals surface area contributed by atoms with Crippen molar-refractivity contribution in [2.45, 2.75) is 20.4 Å². The van der Waals surface area contributed by atoms with Gasteiger partial charge in [-0.05, 0) is 30.2 Å². The van der Waals surface area contributed by atoms with Crippen molar-refractivity contribution in [1.29, 1.82) is 0 Å². The molecule has 1 aromatic rings. The zero-order chi connectivity index (χ0) is 13.5. The fraction of sp³-hybridized carbons (Fsp3) is 0.429. The third-order valence-electron chi connectivity index (χ3n) is 2.26. The second-order valence-corrected chi connectivity index (χ2v) is 5.13. The van der Waals surface area contributed by atoms with Gasteiger partial charge in [0.1, 0.15) is 6.61 Å². The molecular weight excluding hydrogens is 253 g/mol. The Labute approximate surface area is 113 Å². The number of benzene rings is 1. The van der Waals surface area contributed by atoms with Crippen LogP contribution in [0.1, 0.15) is 19.4 Å². The summed E-state index contributed by atoms with van der Waals surface area (Å²) in [5.74, 6) is 0.397. The van der Waals surface area contributed by atoms with Gasteiger partial charge in [-0.15, -0.1) is 0 Å². The third kappa shape index (κ3) is 5.52. The second kappa shape index (κ2) is 7.39. The van der Waals surface area contributed by atoms with Crippen molar-refractivity contribution < 1.29 is 9.13 Å². The Kier molecular flexibility index (Phi) is 6.16. The van der Waals surface area contributed by atoms with Crippen molar-refractivity contribution >= 4 is 11.6 Å². The summed E-state index contributed by atoms with van der Waals surface area (Å²) in [7, 11) is 0. The zero-order valence-corrected chi connectivity index (χ0v) is 11.6. The maximum atomic E-state index is 13.7. The smallest absolute Gasteiger partial charge is 0.165 e. The molecule has 0 bridgehead atoms. The summed E-state index contributed by atoms with van der Waals surface area (Å²) in [5, 5.41) is 3.60. The number of rotatable bonds is 7. The molecule has 1 N–H and O–H groups in total. The van der Waals surface area contributed by atoms with Crippen LogP contribution >= 0.6 is 11.6 Å². The van der Waals surface area contributed by atoms with Crippen LogP contribution in [0.3, 0.4) is 0 Å². The van der Waals surface area contributed by atoms with Crippen LogP contribution in [0.25, 0.3) is 0 Å². The summed E-state index contributed by atoms with van der Waals surface area (Å²) in [5.41, 5.74) is 0.894. The molecule has 1 rings (SSSR count). The van der Waals surface area contributed by atoms with E-state index in [0.29, 0.717) is 17.5 Å². The number of hydrogen-bond acceptors (Lipinski definition) is 2. The van der Waals surface area contributed by atoms with Gasteiger partial charge in [-0.2, -0.15) is 0 Å². The van der Waals surface area contributed by atoms with Gasteiger partial charge in [0.15, 0.2) is 11.6 Å². The molecule has 100 valence electrons. The summed E-state index contributed by atoms with van der Waals surface area (Å²) in [4.78, 5) is 0. The van der Waals surface area contributed by atoms with E-state index in [0.717, 1.165) is 12.1 Å². The van der Waals surface area contributed by atoms with Crippen LogP contribution in [-0.2, 0) is 6.54 Å². The summed E-state index contributed by atoms with van der Waals surface area (Å²) >= 11 is 5.56. The van der Waals surface area contributed by atoms with E-state index < -0.39 is 0 Å². The van der Waals surface area contributed by atoms with E-state index in [2.05, 4.69) is 25.7 Å². The molecule has 0 fully saturated rings. The van der Waals surface area contributed by atoms with Crippen LogP contribution in [0.2, 0.25) is 0 Å². The van der Waals surface area contributed by atoms with Gasteiger partial charge in [-0.1, -0.05) is 38.1 Å². The van der Waals surface area contributed by atoms with E-state index in [1.54, 1.807) is 6.07 Å². The Balaban J connectivity index is 2.53. The van der Waals surface area contributed by atoms with Gasteiger partial charge in [0.2, 0.25) is 0 Å². The molecule has 4 heteroatoms. The Morgan fingerprint density at radius 3 is 2.78 bits per heavy atom. The molecule has 0 aliphatic rings. The normalized spacial score (nSPS) is 10.7.